The Morgan fingerprint density at radius 3 is 1.54 bits per heavy atom. The first-order chi connectivity index (χ1) is 11.8. The van der Waals surface area contributed by atoms with Crippen LogP contribution in [0.2, 0.25) is 0 Å². The van der Waals surface area contributed by atoms with Gasteiger partial charge in [-0.2, -0.15) is 0 Å². The fourth-order valence-corrected chi connectivity index (χ4v) is 2.98. The van der Waals surface area contributed by atoms with Crippen LogP contribution in [-0.4, -0.2) is 5.11 Å². The molecule has 2 heteroatoms. The van der Waals surface area contributed by atoms with Crippen molar-refractivity contribution in [1.82, 2.24) is 5.32 Å². The van der Waals surface area contributed by atoms with Gasteiger partial charge in [0.1, 0.15) is 0 Å². The Labute approximate surface area is 143 Å². The van der Waals surface area contributed by atoms with Gasteiger partial charge in [0.15, 0.2) is 0 Å². The molecular weight excluding hydrogens is 294 g/mol. The van der Waals surface area contributed by atoms with E-state index in [1.165, 1.54) is 5.56 Å². The Morgan fingerprint density at radius 2 is 1.04 bits per heavy atom. The van der Waals surface area contributed by atoms with E-state index in [0.717, 1.165) is 11.1 Å². The third-order valence-electron chi connectivity index (χ3n) is 4.34. The van der Waals surface area contributed by atoms with Crippen LogP contribution in [0.1, 0.15) is 41.8 Å². The summed E-state index contributed by atoms with van der Waals surface area (Å²) in [4.78, 5) is 0. The van der Waals surface area contributed by atoms with Crippen LogP contribution >= 0.6 is 0 Å². The van der Waals surface area contributed by atoms with E-state index in [1.54, 1.807) is 0 Å². The molecule has 0 fully saturated rings. The molecule has 122 valence electrons. The summed E-state index contributed by atoms with van der Waals surface area (Å²) < 4.78 is 0. The highest BCUT2D eigenvalue weighted by molar-refractivity contribution is 5.27. The van der Waals surface area contributed by atoms with E-state index in [9.17, 15) is 5.11 Å². The molecule has 0 saturated carbocycles. The first kappa shape index (κ1) is 16.4. The molecule has 0 heterocycles. The van der Waals surface area contributed by atoms with Crippen molar-refractivity contribution in [3.05, 3.63) is 108 Å². The Morgan fingerprint density at radius 1 is 0.625 bits per heavy atom. The zero-order chi connectivity index (χ0) is 16.8. The van der Waals surface area contributed by atoms with Crippen LogP contribution in [0.5, 0.6) is 0 Å². The molecule has 0 unspecified atom stereocenters. The molecule has 0 bridgehead atoms. The molecule has 3 aromatic rings. The fourth-order valence-electron chi connectivity index (χ4n) is 2.98. The minimum atomic E-state index is -0.611. The largest absolute Gasteiger partial charge is 0.386 e. The van der Waals surface area contributed by atoms with Crippen LogP contribution in [0.25, 0.3) is 0 Å². The maximum absolute atomic E-state index is 11.0. The van der Waals surface area contributed by atoms with Gasteiger partial charge in [-0.25, -0.2) is 0 Å². The summed E-state index contributed by atoms with van der Waals surface area (Å²) >= 11 is 0. The molecule has 2 N–H and O–H groups in total. The van der Waals surface area contributed by atoms with Gasteiger partial charge >= 0.3 is 0 Å². The summed E-state index contributed by atoms with van der Waals surface area (Å²) in [6.45, 7) is 2.13. The molecular formula is C22H23NO. The predicted octanol–water partition coefficient (Wildman–Crippen LogP) is 4.81. The van der Waals surface area contributed by atoms with Crippen LogP contribution in [0.15, 0.2) is 91.0 Å². The SMILES string of the molecule is C[C@H](N[C@@H](c1ccccc1)[C@@H](O)c1ccccc1)c1ccccc1. The van der Waals surface area contributed by atoms with Gasteiger partial charge in [0.25, 0.3) is 0 Å². The third-order valence-corrected chi connectivity index (χ3v) is 4.34. The van der Waals surface area contributed by atoms with Crippen LogP contribution in [0.4, 0.5) is 0 Å². The normalized spacial score (nSPS) is 14.8. The van der Waals surface area contributed by atoms with Crippen LogP contribution < -0.4 is 5.32 Å². The quantitative estimate of drug-likeness (QED) is 0.683. The molecule has 0 spiro atoms. The molecule has 0 aliphatic carbocycles. The van der Waals surface area contributed by atoms with Gasteiger partial charge in [-0.1, -0.05) is 91.0 Å². The molecule has 3 atom stereocenters. The van der Waals surface area contributed by atoms with E-state index in [1.807, 2.05) is 66.7 Å². The van der Waals surface area contributed by atoms with Gasteiger partial charge in [-0.3, -0.25) is 0 Å². The second-order valence-electron chi connectivity index (χ2n) is 6.04. The Kier molecular flexibility index (Phi) is 5.42. The molecule has 0 aliphatic heterocycles. The van der Waals surface area contributed by atoms with Gasteiger partial charge in [0.05, 0.1) is 12.1 Å². The number of benzene rings is 3. The van der Waals surface area contributed by atoms with Crippen molar-refractivity contribution in [2.45, 2.75) is 25.1 Å². The number of aliphatic hydroxyl groups excluding tert-OH is 1. The van der Waals surface area contributed by atoms with Gasteiger partial charge in [0, 0.05) is 6.04 Å². The lowest BCUT2D eigenvalue weighted by molar-refractivity contribution is 0.123. The predicted molar refractivity (Wildman–Crippen MR) is 98.6 cm³/mol. The Balaban J connectivity index is 1.88. The highest BCUT2D eigenvalue weighted by Crippen LogP contribution is 2.31. The van der Waals surface area contributed by atoms with E-state index in [-0.39, 0.29) is 12.1 Å². The van der Waals surface area contributed by atoms with Crippen molar-refractivity contribution in [2.75, 3.05) is 0 Å². The van der Waals surface area contributed by atoms with Gasteiger partial charge in [-0.15, -0.1) is 0 Å². The molecule has 3 rings (SSSR count). The third kappa shape index (κ3) is 3.91. The van der Waals surface area contributed by atoms with Crippen molar-refractivity contribution in [1.29, 1.82) is 0 Å². The van der Waals surface area contributed by atoms with E-state index in [4.69, 9.17) is 0 Å². The Bertz CT molecular complexity index is 728. The minimum Gasteiger partial charge on any atom is -0.386 e. The summed E-state index contributed by atoms with van der Waals surface area (Å²) in [6.07, 6.45) is -0.611. The van der Waals surface area contributed by atoms with Crippen LogP contribution in [0.3, 0.4) is 0 Å². The van der Waals surface area contributed by atoms with E-state index in [0.29, 0.717) is 0 Å². The number of hydrogen-bond donors (Lipinski definition) is 2. The van der Waals surface area contributed by atoms with Gasteiger partial charge in [0.2, 0.25) is 0 Å². The zero-order valence-electron chi connectivity index (χ0n) is 13.8. The van der Waals surface area contributed by atoms with Crippen molar-refractivity contribution in [3.63, 3.8) is 0 Å². The summed E-state index contributed by atoms with van der Waals surface area (Å²) in [5.74, 6) is 0. The molecule has 0 radical (unpaired) electrons. The number of nitrogens with one attached hydrogen (secondary N) is 1. The van der Waals surface area contributed by atoms with E-state index >= 15 is 0 Å². The highest BCUT2D eigenvalue weighted by atomic mass is 16.3. The second-order valence-corrected chi connectivity index (χ2v) is 6.04. The molecule has 3 aromatic carbocycles. The smallest absolute Gasteiger partial charge is 0.0984 e. The van der Waals surface area contributed by atoms with Gasteiger partial charge < -0.3 is 10.4 Å². The summed E-state index contributed by atoms with van der Waals surface area (Å²) in [7, 11) is 0. The average molecular weight is 317 g/mol. The van der Waals surface area contributed by atoms with Crippen LogP contribution in [-0.2, 0) is 0 Å². The topological polar surface area (TPSA) is 32.3 Å². The first-order valence-electron chi connectivity index (χ1n) is 8.34. The fraction of sp³-hybridized carbons (Fsp3) is 0.182. The summed E-state index contributed by atoms with van der Waals surface area (Å²) in [5, 5.41) is 14.6. The molecule has 2 nitrogen and oxygen atoms in total. The molecule has 0 aromatic heterocycles. The number of aliphatic hydroxyl groups is 1. The number of rotatable bonds is 6. The van der Waals surface area contributed by atoms with E-state index < -0.39 is 6.10 Å². The minimum absolute atomic E-state index is 0.134. The monoisotopic (exact) mass is 317 g/mol. The lowest BCUT2D eigenvalue weighted by atomic mass is 9.94. The summed E-state index contributed by atoms with van der Waals surface area (Å²) in [6, 6.07) is 30.2. The molecule has 24 heavy (non-hydrogen) atoms. The maximum atomic E-state index is 11.0. The first-order valence-corrected chi connectivity index (χ1v) is 8.34. The highest BCUT2D eigenvalue weighted by Gasteiger charge is 2.24. The lowest BCUT2D eigenvalue weighted by Gasteiger charge is -2.28. The Hall–Kier alpha value is -2.42. The lowest BCUT2D eigenvalue weighted by Crippen LogP contribution is -2.29. The van der Waals surface area contributed by atoms with Gasteiger partial charge in [-0.05, 0) is 23.6 Å². The molecule has 0 aliphatic rings. The average Bonchev–Trinajstić information content (AvgIpc) is 2.67. The molecule has 0 saturated heterocycles. The summed E-state index contributed by atoms with van der Waals surface area (Å²) in [5.41, 5.74) is 3.20. The number of hydrogen-bond acceptors (Lipinski definition) is 2. The standard InChI is InChI=1S/C22H23NO/c1-17(18-11-5-2-6-12-18)23-21(19-13-7-3-8-14-19)22(24)20-15-9-4-10-16-20/h2-17,21-24H,1H3/t17-,21-,22-/m0/s1. The van der Waals surface area contributed by atoms with Crippen molar-refractivity contribution >= 4 is 0 Å². The van der Waals surface area contributed by atoms with Crippen molar-refractivity contribution < 1.29 is 5.11 Å². The van der Waals surface area contributed by atoms with E-state index in [2.05, 4.69) is 36.5 Å². The maximum Gasteiger partial charge on any atom is 0.0984 e. The van der Waals surface area contributed by atoms with Crippen LogP contribution in [0, 0.1) is 0 Å². The van der Waals surface area contributed by atoms with Crippen molar-refractivity contribution in [3.8, 4) is 0 Å². The molecule has 0 amide bonds. The zero-order valence-corrected chi connectivity index (χ0v) is 13.8. The second kappa shape index (κ2) is 7.91. The van der Waals surface area contributed by atoms with Crippen molar-refractivity contribution in [2.24, 2.45) is 0 Å².